The zero-order valence-electron chi connectivity index (χ0n) is 12.5. The standard InChI is InChI=1S/C18H12ClNO4/c19-13-3-1-2-12(10-13)17-20-14(18(21)24-17)8-11-4-5-15-16(9-11)23-7-6-22-15/h1-5,8-10H,6-7H2. The number of carbonyl (C=O) groups excluding carboxylic acids is 1. The van der Waals surface area contributed by atoms with Gasteiger partial charge in [0.25, 0.3) is 0 Å². The highest BCUT2D eigenvalue weighted by molar-refractivity contribution is 6.31. The monoisotopic (exact) mass is 341 g/mol. The van der Waals surface area contributed by atoms with Gasteiger partial charge in [-0.25, -0.2) is 9.79 Å². The highest BCUT2D eigenvalue weighted by Crippen LogP contribution is 2.32. The van der Waals surface area contributed by atoms with E-state index in [-0.39, 0.29) is 11.6 Å². The Morgan fingerprint density at radius 3 is 2.71 bits per heavy atom. The Kier molecular flexibility index (Phi) is 3.70. The van der Waals surface area contributed by atoms with Gasteiger partial charge in [0.2, 0.25) is 5.90 Å². The molecule has 0 radical (unpaired) electrons. The molecule has 0 fully saturated rings. The van der Waals surface area contributed by atoms with Gasteiger partial charge in [0, 0.05) is 10.6 Å². The molecule has 5 nitrogen and oxygen atoms in total. The van der Waals surface area contributed by atoms with Gasteiger partial charge in [-0.1, -0.05) is 23.7 Å². The van der Waals surface area contributed by atoms with Crippen molar-refractivity contribution < 1.29 is 19.0 Å². The van der Waals surface area contributed by atoms with E-state index in [9.17, 15) is 4.79 Å². The van der Waals surface area contributed by atoms with Crippen LogP contribution in [0.15, 0.2) is 53.2 Å². The zero-order chi connectivity index (χ0) is 16.5. The number of fused-ring (bicyclic) bond motifs is 1. The van der Waals surface area contributed by atoms with Crippen LogP contribution in [-0.4, -0.2) is 25.1 Å². The van der Waals surface area contributed by atoms with Gasteiger partial charge in [-0.05, 0) is 42.0 Å². The average Bonchev–Trinajstić information content (AvgIpc) is 2.96. The van der Waals surface area contributed by atoms with Gasteiger partial charge in [-0.2, -0.15) is 0 Å². The van der Waals surface area contributed by atoms with Crippen molar-refractivity contribution >= 4 is 29.5 Å². The van der Waals surface area contributed by atoms with Crippen LogP contribution in [0.5, 0.6) is 11.5 Å². The van der Waals surface area contributed by atoms with Crippen LogP contribution in [0.1, 0.15) is 11.1 Å². The van der Waals surface area contributed by atoms with Gasteiger partial charge < -0.3 is 14.2 Å². The van der Waals surface area contributed by atoms with Gasteiger partial charge in [-0.3, -0.25) is 0 Å². The van der Waals surface area contributed by atoms with E-state index in [2.05, 4.69) is 4.99 Å². The summed E-state index contributed by atoms with van der Waals surface area (Å²) < 4.78 is 16.2. The molecule has 120 valence electrons. The highest BCUT2D eigenvalue weighted by atomic mass is 35.5. The molecule has 24 heavy (non-hydrogen) atoms. The van der Waals surface area contributed by atoms with Gasteiger partial charge in [0.1, 0.15) is 13.2 Å². The van der Waals surface area contributed by atoms with E-state index < -0.39 is 5.97 Å². The molecule has 2 aliphatic rings. The summed E-state index contributed by atoms with van der Waals surface area (Å²) in [5, 5.41) is 0.551. The van der Waals surface area contributed by atoms with Crippen LogP contribution in [0.2, 0.25) is 5.02 Å². The first-order chi connectivity index (χ1) is 11.7. The number of hydrogen-bond acceptors (Lipinski definition) is 5. The second kappa shape index (κ2) is 6.02. The third kappa shape index (κ3) is 2.86. The number of ether oxygens (including phenoxy) is 3. The van der Waals surface area contributed by atoms with Gasteiger partial charge in [-0.15, -0.1) is 0 Å². The molecule has 2 aromatic rings. The molecule has 0 aromatic heterocycles. The van der Waals surface area contributed by atoms with E-state index in [0.717, 1.165) is 5.56 Å². The second-order valence-corrected chi connectivity index (χ2v) is 5.69. The van der Waals surface area contributed by atoms with Crippen molar-refractivity contribution in [3.8, 4) is 11.5 Å². The number of cyclic esters (lactones) is 1. The normalized spacial score (nSPS) is 17.6. The summed E-state index contributed by atoms with van der Waals surface area (Å²) >= 11 is 5.96. The third-order valence-corrected chi connectivity index (χ3v) is 3.80. The van der Waals surface area contributed by atoms with E-state index in [1.54, 1.807) is 30.3 Å². The summed E-state index contributed by atoms with van der Waals surface area (Å²) in [6.07, 6.45) is 1.65. The Balaban J connectivity index is 1.66. The van der Waals surface area contributed by atoms with Crippen LogP contribution in [-0.2, 0) is 9.53 Å². The van der Waals surface area contributed by atoms with Crippen LogP contribution in [0.4, 0.5) is 0 Å². The smallest absolute Gasteiger partial charge is 0.363 e. The molecule has 0 spiro atoms. The van der Waals surface area contributed by atoms with Gasteiger partial charge >= 0.3 is 5.97 Å². The number of aliphatic imine (C=N–C) groups is 1. The number of benzene rings is 2. The van der Waals surface area contributed by atoms with Gasteiger partial charge in [0.05, 0.1) is 0 Å². The average molecular weight is 342 g/mol. The van der Waals surface area contributed by atoms with Crippen LogP contribution < -0.4 is 9.47 Å². The molecule has 0 atom stereocenters. The molecule has 0 saturated carbocycles. The molecule has 0 unspecified atom stereocenters. The summed E-state index contributed by atoms with van der Waals surface area (Å²) in [6.45, 7) is 1.04. The maximum atomic E-state index is 12.0. The first kappa shape index (κ1) is 14.8. The molecule has 4 rings (SSSR count). The predicted molar refractivity (Wildman–Crippen MR) is 89.5 cm³/mol. The van der Waals surface area contributed by atoms with Crippen molar-refractivity contribution in [1.29, 1.82) is 0 Å². The molecule has 0 bridgehead atoms. The number of esters is 1. The maximum absolute atomic E-state index is 12.0. The Morgan fingerprint density at radius 1 is 1.04 bits per heavy atom. The SMILES string of the molecule is O=C1OC(c2cccc(Cl)c2)=NC1=Cc1ccc2c(c1)OCCO2. The summed E-state index contributed by atoms with van der Waals surface area (Å²) in [4.78, 5) is 16.3. The number of carbonyl (C=O) groups is 1. The minimum absolute atomic E-state index is 0.224. The summed E-state index contributed by atoms with van der Waals surface area (Å²) in [5.74, 6) is 1.09. The minimum Gasteiger partial charge on any atom is -0.486 e. The van der Waals surface area contributed by atoms with Crippen LogP contribution >= 0.6 is 11.6 Å². The largest absolute Gasteiger partial charge is 0.486 e. The van der Waals surface area contributed by atoms with Crippen molar-refractivity contribution in [3.05, 3.63) is 64.3 Å². The predicted octanol–water partition coefficient (Wildman–Crippen LogP) is 3.46. The van der Waals surface area contributed by atoms with E-state index in [1.165, 1.54) is 0 Å². The molecular formula is C18H12ClNO4. The molecular weight excluding hydrogens is 330 g/mol. The Bertz CT molecular complexity index is 888. The fraction of sp³-hybridized carbons (Fsp3) is 0.111. The summed E-state index contributed by atoms with van der Waals surface area (Å²) in [5.41, 5.74) is 1.66. The summed E-state index contributed by atoms with van der Waals surface area (Å²) in [6, 6.07) is 12.4. The lowest BCUT2D eigenvalue weighted by molar-refractivity contribution is -0.129. The first-order valence-electron chi connectivity index (χ1n) is 7.37. The van der Waals surface area contributed by atoms with Gasteiger partial charge in [0.15, 0.2) is 17.2 Å². The topological polar surface area (TPSA) is 57.1 Å². The molecule has 2 aromatic carbocycles. The number of hydrogen-bond donors (Lipinski definition) is 0. The molecule has 0 amide bonds. The lowest BCUT2D eigenvalue weighted by atomic mass is 10.1. The van der Waals surface area contributed by atoms with E-state index in [1.807, 2.05) is 18.2 Å². The second-order valence-electron chi connectivity index (χ2n) is 5.25. The van der Waals surface area contributed by atoms with Crippen LogP contribution in [0.3, 0.4) is 0 Å². The third-order valence-electron chi connectivity index (χ3n) is 3.56. The Hall–Kier alpha value is -2.79. The van der Waals surface area contributed by atoms with E-state index in [4.69, 9.17) is 25.8 Å². The lowest BCUT2D eigenvalue weighted by Crippen LogP contribution is -2.15. The highest BCUT2D eigenvalue weighted by Gasteiger charge is 2.24. The minimum atomic E-state index is -0.500. The summed E-state index contributed by atoms with van der Waals surface area (Å²) in [7, 11) is 0. The van der Waals surface area contributed by atoms with Crippen molar-refractivity contribution in [2.45, 2.75) is 0 Å². The Labute approximate surface area is 143 Å². The maximum Gasteiger partial charge on any atom is 0.363 e. The van der Waals surface area contributed by atoms with Crippen molar-refractivity contribution in [2.75, 3.05) is 13.2 Å². The zero-order valence-corrected chi connectivity index (χ0v) is 13.2. The molecule has 0 aliphatic carbocycles. The molecule has 2 aliphatic heterocycles. The number of halogens is 1. The van der Waals surface area contributed by atoms with Crippen LogP contribution in [0, 0.1) is 0 Å². The van der Waals surface area contributed by atoms with Crippen molar-refractivity contribution in [2.24, 2.45) is 4.99 Å². The van der Waals surface area contributed by atoms with E-state index >= 15 is 0 Å². The van der Waals surface area contributed by atoms with Crippen molar-refractivity contribution in [3.63, 3.8) is 0 Å². The Morgan fingerprint density at radius 2 is 1.88 bits per heavy atom. The molecule has 6 heteroatoms. The molecule has 0 saturated heterocycles. The van der Waals surface area contributed by atoms with Crippen molar-refractivity contribution in [1.82, 2.24) is 0 Å². The van der Waals surface area contributed by atoms with E-state index in [0.29, 0.717) is 35.3 Å². The quantitative estimate of drug-likeness (QED) is 0.620. The molecule has 0 N–H and O–H groups in total. The lowest BCUT2D eigenvalue weighted by Gasteiger charge is -2.18. The fourth-order valence-corrected chi connectivity index (χ4v) is 2.65. The first-order valence-corrected chi connectivity index (χ1v) is 7.75. The number of nitrogens with zero attached hydrogens (tertiary/aromatic N) is 1. The number of rotatable bonds is 2. The van der Waals surface area contributed by atoms with Crippen LogP contribution in [0.25, 0.3) is 6.08 Å². The molecule has 2 heterocycles. The fourth-order valence-electron chi connectivity index (χ4n) is 2.46.